The molecule has 0 fully saturated rings. The SMILES string of the molecule is CC(=CCOCc1ccccc1)CO. The highest BCUT2D eigenvalue weighted by molar-refractivity contribution is 5.13. The molecule has 1 aromatic carbocycles. The lowest BCUT2D eigenvalue weighted by atomic mass is 10.2. The Morgan fingerprint density at radius 3 is 2.71 bits per heavy atom. The van der Waals surface area contributed by atoms with E-state index in [1.807, 2.05) is 43.3 Å². The maximum Gasteiger partial charge on any atom is 0.0721 e. The predicted molar refractivity (Wildman–Crippen MR) is 56.9 cm³/mol. The van der Waals surface area contributed by atoms with Crippen LogP contribution in [0.5, 0.6) is 0 Å². The Kier molecular flexibility index (Phi) is 4.97. The van der Waals surface area contributed by atoms with E-state index in [2.05, 4.69) is 0 Å². The van der Waals surface area contributed by atoms with Gasteiger partial charge >= 0.3 is 0 Å². The average Bonchev–Trinajstić information content (AvgIpc) is 2.25. The lowest BCUT2D eigenvalue weighted by Gasteiger charge is -2.01. The number of hydrogen-bond acceptors (Lipinski definition) is 2. The Hall–Kier alpha value is -1.12. The van der Waals surface area contributed by atoms with Gasteiger partial charge in [0.25, 0.3) is 0 Å². The molecule has 0 atom stereocenters. The highest BCUT2D eigenvalue weighted by atomic mass is 16.5. The molecular formula is C12H16O2. The lowest BCUT2D eigenvalue weighted by Crippen LogP contribution is -1.94. The first-order valence-corrected chi connectivity index (χ1v) is 4.71. The molecule has 1 aromatic rings. The molecule has 0 spiro atoms. The molecule has 0 aliphatic rings. The van der Waals surface area contributed by atoms with Crippen molar-refractivity contribution in [2.75, 3.05) is 13.2 Å². The van der Waals surface area contributed by atoms with Crippen LogP contribution in [0.4, 0.5) is 0 Å². The van der Waals surface area contributed by atoms with Crippen molar-refractivity contribution in [2.24, 2.45) is 0 Å². The molecule has 1 N–H and O–H groups in total. The maximum absolute atomic E-state index is 8.73. The van der Waals surface area contributed by atoms with Crippen LogP contribution >= 0.6 is 0 Å². The number of aliphatic hydroxyl groups is 1. The van der Waals surface area contributed by atoms with Crippen LogP contribution in [0.3, 0.4) is 0 Å². The van der Waals surface area contributed by atoms with Gasteiger partial charge in [-0.2, -0.15) is 0 Å². The van der Waals surface area contributed by atoms with E-state index in [9.17, 15) is 0 Å². The summed E-state index contributed by atoms with van der Waals surface area (Å²) >= 11 is 0. The summed E-state index contributed by atoms with van der Waals surface area (Å²) < 4.78 is 5.40. The van der Waals surface area contributed by atoms with Crippen LogP contribution in [0.2, 0.25) is 0 Å². The van der Waals surface area contributed by atoms with Gasteiger partial charge in [-0.3, -0.25) is 0 Å². The van der Waals surface area contributed by atoms with E-state index in [0.717, 1.165) is 5.57 Å². The van der Waals surface area contributed by atoms with Crippen LogP contribution in [-0.4, -0.2) is 18.3 Å². The van der Waals surface area contributed by atoms with Gasteiger partial charge in [-0.25, -0.2) is 0 Å². The minimum absolute atomic E-state index is 0.106. The molecule has 2 heteroatoms. The van der Waals surface area contributed by atoms with Crippen molar-refractivity contribution in [1.29, 1.82) is 0 Å². The number of rotatable bonds is 5. The second-order valence-corrected chi connectivity index (χ2v) is 3.21. The van der Waals surface area contributed by atoms with Gasteiger partial charge in [0.15, 0.2) is 0 Å². The maximum atomic E-state index is 8.73. The molecule has 0 heterocycles. The number of ether oxygens (including phenoxy) is 1. The molecule has 1 rings (SSSR count). The molecule has 0 saturated heterocycles. The highest BCUT2D eigenvalue weighted by Gasteiger charge is 1.90. The van der Waals surface area contributed by atoms with E-state index in [0.29, 0.717) is 13.2 Å². The van der Waals surface area contributed by atoms with Gasteiger partial charge in [-0.15, -0.1) is 0 Å². The molecule has 0 aromatic heterocycles. The van der Waals surface area contributed by atoms with E-state index < -0.39 is 0 Å². The first kappa shape index (κ1) is 11.0. The predicted octanol–water partition coefficient (Wildman–Crippen LogP) is 2.14. The third-order valence-electron chi connectivity index (χ3n) is 1.91. The quantitative estimate of drug-likeness (QED) is 0.572. The molecule has 14 heavy (non-hydrogen) atoms. The largest absolute Gasteiger partial charge is 0.392 e. The molecule has 0 amide bonds. The molecule has 0 unspecified atom stereocenters. The number of hydrogen-bond donors (Lipinski definition) is 1. The van der Waals surface area contributed by atoms with Crippen LogP contribution < -0.4 is 0 Å². The van der Waals surface area contributed by atoms with Gasteiger partial charge in [0, 0.05) is 0 Å². The van der Waals surface area contributed by atoms with Crippen LogP contribution in [0.25, 0.3) is 0 Å². The highest BCUT2D eigenvalue weighted by Crippen LogP contribution is 2.00. The van der Waals surface area contributed by atoms with Crippen LogP contribution in [-0.2, 0) is 11.3 Å². The van der Waals surface area contributed by atoms with Gasteiger partial charge < -0.3 is 9.84 Å². The summed E-state index contributed by atoms with van der Waals surface area (Å²) in [6, 6.07) is 10.0. The van der Waals surface area contributed by atoms with Crippen molar-refractivity contribution in [2.45, 2.75) is 13.5 Å². The second kappa shape index (κ2) is 6.35. The van der Waals surface area contributed by atoms with Crippen LogP contribution in [0, 0.1) is 0 Å². The Morgan fingerprint density at radius 1 is 1.36 bits per heavy atom. The summed E-state index contributed by atoms with van der Waals surface area (Å²) in [6.07, 6.45) is 1.89. The summed E-state index contributed by atoms with van der Waals surface area (Å²) in [5, 5.41) is 8.73. The topological polar surface area (TPSA) is 29.5 Å². The van der Waals surface area contributed by atoms with Crippen molar-refractivity contribution < 1.29 is 9.84 Å². The van der Waals surface area contributed by atoms with Gasteiger partial charge in [0.1, 0.15) is 0 Å². The van der Waals surface area contributed by atoms with Crippen LogP contribution in [0.1, 0.15) is 12.5 Å². The van der Waals surface area contributed by atoms with E-state index in [-0.39, 0.29) is 6.61 Å². The fraction of sp³-hybridized carbons (Fsp3) is 0.333. The van der Waals surface area contributed by atoms with Crippen molar-refractivity contribution in [3.63, 3.8) is 0 Å². The summed E-state index contributed by atoms with van der Waals surface area (Å²) in [5.41, 5.74) is 2.11. The lowest BCUT2D eigenvalue weighted by molar-refractivity contribution is 0.147. The summed E-state index contributed by atoms with van der Waals surface area (Å²) in [4.78, 5) is 0. The Bertz CT molecular complexity index is 278. The standard InChI is InChI=1S/C12H16O2/c1-11(9-13)7-8-14-10-12-5-3-2-4-6-12/h2-7,13H,8-10H2,1H3. The van der Waals surface area contributed by atoms with Crippen molar-refractivity contribution >= 4 is 0 Å². The van der Waals surface area contributed by atoms with Gasteiger partial charge in [-0.05, 0) is 18.1 Å². The number of aliphatic hydroxyl groups excluding tert-OH is 1. The van der Waals surface area contributed by atoms with Crippen molar-refractivity contribution in [3.05, 3.63) is 47.5 Å². The molecule has 0 bridgehead atoms. The minimum atomic E-state index is 0.106. The Balaban J connectivity index is 2.23. The van der Waals surface area contributed by atoms with Crippen LogP contribution in [0.15, 0.2) is 42.0 Å². The normalized spacial score (nSPS) is 11.7. The third-order valence-corrected chi connectivity index (χ3v) is 1.91. The molecule has 0 aliphatic carbocycles. The zero-order chi connectivity index (χ0) is 10.2. The summed E-state index contributed by atoms with van der Waals surface area (Å²) in [5.74, 6) is 0. The van der Waals surface area contributed by atoms with E-state index in [1.165, 1.54) is 5.56 Å². The van der Waals surface area contributed by atoms with E-state index in [1.54, 1.807) is 0 Å². The number of benzene rings is 1. The van der Waals surface area contributed by atoms with Crippen molar-refractivity contribution in [3.8, 4) is 0 Å². The van der Waals surface area contributed by atoms with E-state index >= 15 is 0 Å². The van der Waals surface area contributed by atoms with Gasteiger partial charge in [0.05, 0.1) is 19.8 Å². The molecule has 0 saturated carbocycles. The fourth-order valence-electron chi connectivity index (χ4n) is 1.02. The van der Waals surface area contributed by atoms with Gasteiger partial charge in [-0.1, -0.05) is 36.4 Å². The zero-order valence-corrected chi connectivity index (χ0v) is 8.44. The Morgan fingerprint density at radius 2 is 2.07 bits per heavy atom. The first-order chi connectivity index (χ1) is 6.83. The second-order valence-electron chi connectivity index (χ2n) is 3.21. The molecule has 0 radical (unpaired) electrons. The first-order valence-electron chi connectivity index (χ1n) is 4.71. The summed E-state index contributed by atoms with van der Waals surface area (Å²) in [7, 11) is 0. The minimum Gasteiger partial charge on any atom is -0.392 e. The third kappa shape index (κ3) is 4.21. The Labute approximate surface area is 84.8 Å². The van der Waals surface area contributed by atoms with Gasteiger partial charge in [0.2, 0.25) is 0 Å². The molecule has 2 nitrogen and oxygen atoms in total. The average molecular weight is 192 g/mol. The van der Waals surface area contributed by atoms with Crippen molar-refractivity contribution in [1.82, 2.24) is 0 Å². The zero-order valence-electron chi connectivity index (χ0n) is 8.44. The van der Waals surface area contributed by atoms with E-state index in [4.69, 9.17) is 9.84 Å². The monoisotopic (exact) mass is 192 g/mol. The summed E-state index contributed by atoms with van der Waals surface area (Å²) in [6.45, 7) is 3.16. The smallest absolute Gasteiger partial charge is 0.0721 e. The molecule has 76 valence electrons. The molecule has 0 aliphatic heterocycles. The fourth-order valence-corrected chi connectivity index (χ4v) is 1.02. The molecular weight excluding hydrogens is 176 g/mol.